The van der Waals surface area contributed by atoms with Crippen molar-refractivity contribution in [1.82, 2.24) is 9.55 Å². The zero-order valence-corrected chi connectivity index (χ0v) is 12.1. The van der Waals surface area contributed by atoms with Crippen LogP contribution in [0.3, 0.4) is 0 Å². The van der Waals surface area contributed by atoms with E-state index in [0.29, 0.717) is 11.4 Å². The van der Waals surface area contributed by atoms with Crippen LogP contribution in [0.1, 0.15) is 5.82 Å². The molecule has 0 atom stereocenters. The van der Waals surface area contributed by atoms with Crippen molar-refractivity contribution < 1.29 is 27.4 Å². The summed E-state index contributed by atoms with van der Waals surface area (Å²) in [6.45, 7) is -1.32. The van der Waals surface area contributed by atoms with Crippen molar-refractivity contribution in [3.8, 4) is 5.75 Å². The second-order valence-corrected chi connectivity index (χ2v) is 4.49. The first kappa shape index (κ1) is 16.7. The van der Waals surface area contributed by atoms with E-state index < -0.39 is 18.8 Å². The summed E-state index contributed by atoms with van der Waals surface area (Å²) in [5.74, 6) is 0.412. The normalized spacial score (nSPS) is 11.1. The molecule has 0 aliphatic heterocycles. The number of methoxy groups -OCH3 is 1. The molecule has 0 fully saturated rings. The number of imidazole rings is 1. The van der Waals surface area contributed by atoms with Crippen LogP contribution in [-0.4, -0.2) is 28.9 Å². The number of carbonyl (C=O) groups is 1. The Balaban J connectivity index is 2.07. The molecule has 2 aromatic rings. The molecule has 0 saturated carbocycles. The number of aromatic nitrogens is 2. The van der Waals surface area contributed by atoms with Crippen LogP contribution < -0.4 is 10.1 Å². The molecule has 0 aliphatic rings. The van der Waals surface area contributed by atoms with Crippen LogP contribution in [0.25, 0.3) is 0 Å². The molecule has 124 valence electrons. The number of amides is 1. The highest BCUT2D eigenvalue weighted by molar-refractivity contribution is 5.86. The van der Waals surface area contributed by atoms with Crippen LogP contribution in [0.2, 0.25) is 0 Å². The van der Waals surface area contributed by atoms with E-state index >= 15 is 0 Å². The second-order valence-electron chi connectivity index (χ2n) is 4.49. The lowest BCUT2D eigenvalue weighted by Crippen LogP contribution is -2.20. The molecule has 0 spiro atoms. The van der Waals surface area contributed by atoms with Crippen LogP contribution >= 0.6 is 0 Å². The minimum atomic E-state index is -4.35. The summed E-state index contributed by atoms with van der Waals surface area (Å²) in [5.41, 5.74) is 0.341. The standard InChI is InChI=1S/C14H14F3N3O3/c1-22-13(21)19-10-4-2-3-5-11(10)23-8-12-18-6-7-20(12)9-14(15,16)17/h2-7H,8-9H2,1H3,(H,19,21). The van der Waals surface area contributed by atoms with Gasteiger partial charge in [0.2, 0.25) is 0 Å². The maximum atomic E-state index is 12.5. The van der Waals surface area contributed by atoms with Gasteiger partial charge in [0.1, 0.15) is 24.7 Å². The van der Waals surface area contributed by atoms with Gasteiger partial charge in [0.05, 0.1) is 12.8 Å². The van der Waals surface area contributed by atoms with Crippen molar-refractivity contribution in [2.75, 3.05) is 12.4 Å². The molecule has 1 aromatic carbocycles. The maximum absolute atomic E-state index is 12.5. The molecular weight excluding hydrogens is 315 g/mol. The first-order chi connectivity index (χ1) is 10.9. The van der Waals surface area contributed by atoms with E-state index in [1.165, 1.54) is 19.5 Å². The fraction of sp³-hybridized carbons (Fsp3) is 0.286. The average molecular weight is 329 g/mol. The van der Waals surface area contributed by atoms with Crippen molar-refractivity contribution >= 4 is 11.8 Å². The Kier molecular flexibility index (Phi) is 5.09. The third-order valence-electron chi connectivity index (χ3n) is 2.82. The lowest BCUT2D eigenvalue weighted by atomic mass is 10.3. The third-order valence-corrected chi connectivity index (χ3v) is 2.82. The van der Waals surface area contributed by atoms with E-state index in [1.54, 1.807) is 24.3 Å². The lowest BCUT2D eigenvalue weighted by molar-refractivity contribution is -0.141. The zero-order chi connectivity index (χ0) is 16.9. The van der Waals surface area contributed by atoms with Gasteiger partial charge in [0, 0.05) is 12.4 Å². The summed E-state index contributed by atoms with van der Waals surface area (Å²) >= 11 is 0. The van der Waals surface area contributed by atoms with Crippen LogP contribution in [-0.2, 0) is 17.9 Å². The highest BCUT2D eigenvalue weighted by atomic mass is 19.4. The number of nitrogens with one attached hydrogen (secondary N) is 1. The summed E-state index contributed by atoms with van der Waals surface area (Å²) in [4.78, 5) is 15.1. The number of carbonyl (C=O) groups excluding carboxylic acids is 1. The first-order valence-electron chi connectivity index (χ1n) is 6.52. The van der Waals surface area contributed by atoms with Gasteiger partial charge in [-0.25, -0.2) is 9.78 Å². The smallest absolute Gasteiger partial charge is 0.411 e. The first-order valence-corrected chi connectivity index (χ1v) is 6.52. The van der Waals surface area contributed by atoms with Gasteiger partial charge >= 0.3 is 12.3 Å². The second kappa shape index (κ2) is 7.03. The number of rotatable bonds is 5. The Morgan fingerprint density at radius 3 is 2.78 bits per heavy atom. The molecule has 6 nitrogen and oxygen atoms in total. The van der Waals surface area contributed by atoms with E-state index in [0.717, 1.165) is 4.57 Å². The molecule has 0 aliphatic carbocycles. The average Bonchev–Trinajstić information content (AvgIpc) is 2.91. The van der Waals surface area contributed by atoms with Crippen molar-refractivity contribution in [1.29, 1.82) is 0 Å². The van der Waals surface area contributed by atoms with Crippen molar-refractivity contribution in [3.63, 3.8) is 0 Å². The number of hydrogen-bond donors (Lipinski definition) is 1. The molecule has 9 heteroatoms. The van der Waals surface area contributed by atoms with Gasteiger partial charge in [-0.15, -0.1) is 0 Å². The van der Waals surface area contributed by atoms with Gasteiger partial charge in [0.15, 0.2) is 0 Å². The molecular formula is C14H14F3N3O3. The van der Waals surface area contributed by atoms with E-state index in [-0.39, 0.29) is 12.4 Å². The molecule has 0 bridgehead atoms. The number of hydrogen-bond acceptors (Lipinski definition) is 4. The number of ether oxygens (including phenoxy) is 2. The number of nitrogens with zero attached hydrogens (tertiary/aromatic N) is 2. The number of para-hydroxylation sites is 2. The van der Waals surface area contributed by atoms with Crippen LogP contribution in [0.4, 0.5) is 23.7 Å². The van der Waals surface area contributed by atoms with E-state index in [4.69, 9.17) is 4.74 Å². The number of benzene rings is 1. The summed E-state index contributed by atoms with van der Waals surface area (Å²) in [6.07, 6.45) is -2.53. The Bertz CT molecular complexity index is 671. The van der Waals surface area contributed by atoms with Crippen molar-refractivity contribution in [2.24, 2.45) is 0 Å². The maximum Gasteiger partial charge on any atom is 0.411 e. The third kappa shape index (κ3) is 4.90. The summed E-state index contributed by atoms with van der Waals surface area (Å²) in [5, 5.41) is 2.45. The van der Waals surface area contributed by atoms with Crippen LogP contribution in [0.15, 0.2) is 36.7 Å². The Morgan fingerprint density at radius 1 is 1.35 bits per heavy atom. The van der Waals surface area contributed by atoms with Gasteiger partial charge in [0.25, 0.3) is 0 Å². The molecule has 0 unspecified atom stereocenters. The molecule has 0 saturated heterocycles. The van der Waals surface area contributed by atoms with Gasteiger partial charge in [-0.1, -0.05) is 12.1 Å². The highest BCUT2D eigenvalue weighted by Crippen LogP contribution is 2.25. The highest BCUT2D eigenvalue weighted by Gasteiger charge is 2.28. The Hall–Kier alpha value is -2.71. The monoisotopic (exact) mass is 329 g/mol. The Morgan fingerprint density at radius 2 is 2.09 bits per heavy atom. The molecule has 0 radical (unpaired) electrons. The minimum absolute atomic E-state index is 0.121. The molecule has 1 amide bonds. The van der Waals surface area contributed by atoms with E-state index in [2.05, 4.69) is 15.0 Å². The summed E-state index contributed by atoms with van der Waals surface area (Å²) in [6, 6.07) is 6.49. The molecule has 1 aromatic heterocycles. The largest absolute Gasteiger partial charge is 0.483 e. The van der Waals surface area contributed by atoms with Crippen LogP contribution in [0, 0.1) is 0 Å². The molecule has 23 heavy (non-hydrogen) atoms. The van der Waals surface area contributed by atoms with Gasteiger partial charge in [-0.2, -0.15) is 13.2 Å². The fourth-order valence-corrected chi connectivity index (χ4v) is 1.82. The SMILES string of the molecule is COC(=O)Nc1ccccc1OCc1nccn1CC(F)(F)F. The van der Waals surface area contributed by atoms with Gasteiger partial charge in [-0.05, 0) is 12.1 Å². The summed E-state index contributed by atoms with van der Waals surface area (Å²) in [7, 11) is 1.22. The molecule has 2 rings (SSSR count). The zero-order valence-electron chi connectivity index (χ0n) is 12.1. The van der Waals surface area contributed by atoms with Gasteiger partial charge in [-0.3, -0.25) is 5.32 Å². The van der Waals surface area contributed by atoms with Crippen LogP contribution in [0.5, 0.6) is 5.75 Å². The minimum Gasteiger partial charge on any atom is -0.483 e. The Labute approximate surface area is 129 Å². The molecule has 1 heterocycles. The predicted octanol–water partition coefficient (Wildman–Crippen LogP) is 3.20. The quantitative estimate of drug-likeness (QED) is 0.915. The van der Waals surface area contributed by atoms with E-state index in [9.17, 15) is 18.0 Å². The summed E-state index contributed by atoms with van der Waals surface area (Å²) < 4.78 is 48.3. The molecule has 1 N–H and O–H groups in total. The van der Waals surface area contributed by atoms with Crippen molar-refractivity contribution in [3.05, 3.63) is 42.5 Å². The lowest BCUT2D eigenvalue weighted by Gasteiger charge is -2.13. The topological polar surface area (TPSA) is 65.4 Å². The van der Waals surface area contributed by atoms with E-state index in [1.807, 2.05) is 0 Å². The van der Waals surface area contributed by atoms with Crippen molar-refractivity contribution in [2.45, 2.75) is 19.3 Å². The fourth-order valence-electron chi connectivity index (χ4n) is 1.82. The van der Waals surface area contributed by atoms with Gasteiger partial charge < -0.3 is 14.0 Å². The predicted molar refractivity (Wildman–Crippen MR) is 75.1 cm³/mol. The number of anilines is 1. The number of halogens is 3. The number of alkyl halides is 3.